The zero-order valence-electron chi connectivity index (χ0n) is 11.6. The van der Waals surface area contributed by atoms with E-state index >= 15 is 0 Å². The van der Waals surface area contributed by atoms with Gasteiger partial charge in [-0.3, -0.25) is 9.90 Å². The van der Waals surface area contributed by atoms with Crippen LogP contribution in [-0.2, 0) is 11.4 Å². The summed E-state index contributed by atoms with van der Waals surface area (Å²) < 4.78 is 0. The second-order valence-corrected chi connectivity index (χ2v) is 5.71. The predicted molar refractivity (Wildman–Crippen MR) is 72.0 cm³/mol. The maximum atomic E-state index is 9.79. The van der Waals surface area contributed by atoms with Crippen LogP contribution in [0.4, 0.5) is 0 Å². The lowest BCUT2D eigenvalue weighted by Crippen LogP contribution is -2.19. The molecule has 18 heavy (non-hydrogen) atoms. The number of aryl methyl sites for hydroxylation is 2. The van der Waals surface area contributed by atoms with Crippen molar-refractivity contribution < 1.29 is 9.94 Å². The molecule has 1 aromatic carbocycles. The van der Waals surface area contributed by atoms with Crippen LogP contribution in [0.3, 0.4) is 0 Å². The first-order valence-electron chi connectivity index (χ1n) is 6.20. The molecule has 1 N–H and O–H groups in total. The van der Waals surface area contributed by atoms with E-state index in [1.165, 1.54) is 0 Å². The average molecular weight is 247 g/mol. The molecule has 2 rings (SSSR count). The van der Waals surface area contributed by atoms with E-state index in [0.29, 0.717) is 18.9 Å². The Labute approximate surface area is 109 Å². The van der Waals surface area contributed by atoms with Crippen LogP contribution in [0.5, 0.6) is 5.75 Å². The van der Waals surface area contributed by atoms with Crippen molar-refractivity contribution in [2.45, 2.75) is 34.2 Å². The van der Waals surface area contributed by atoms with Crippen LogP contribution in [0, 0.1) is 19.3 Å². The Morgan fingerprint density at radius 3 is 2.56 bits per heavy atom. The van der Waals surface area contributed by atoms with Gasteiger partial charge in [-0.05, 0) is 36.6 Å². The third kappa shape index (κ3) is 2.23. The van der Waals surface area contributed by atoms with Crippen LogP contribution in [0.25, 0.3) is 0 Å². The minimum atomic E-state index is -0.0132. The third-order valence-corrected chi connectivity index (χ3v) is 3.63. The third-order valence-electron chi connectivity index (χ3n) is 3.63. The van der Waals surface area contributed by atoms with E-state index in [0.717, 1.165) is 22.4 Å². The predicted octanol–water partition coefficient (Wildman–Crippen LogP) is 3.30. The molecular formula is C15H21NO2. The molecule has 0 aromatic heterocycles. The first-order chi connectivity index (χ1) is 8.31. The van der Waals surface area contributed by atoms with E-state index in [1.807, 2.05) is 31.0 Å². The number of benzene rings is 1. The highest BCUT2D eigenvalue weighted by Gasteiger charge is 2.34. The van der Waals surface area contributed by atoms with Gasteiger partial charge in [0, 0.05) is 11.1 Å². The minimum Gasteiger partial charge on any atom is -0.508 e. The van der Waals surface area contributed by atoms with Gasteiger partial charge in [0.1, 0.15) is 5.75 Å². The largest absolute Gasteiger partial charge is 0.508 e. The first kappa shape index (κ1) is 13.0. The summed E-state index contributed by atoms with van der Waals surface area (Å²) in [5.74, 6) is 0.333. The fourth-order valence-corrected chi connectivity index (χ4v) is 2.09. The summed E-state index contributed by atoms with van der Waals surface area (Å²) in [6, 6.07) is 3.81. The molecule has 0 spiro atoms. The standard InChI is InChI=1S/C15H21NO2/c1-10-6-11(2)14(17)7-13(10)8-16-12(3)15(4,5)9-18-16/h6-7,17H,3,8-9H2,1-2,4-5H3. The zero-order valence-corrected chi connectivity index (χ0v) is 11.6. The highest BCUT2D eigenvalue weighted by atomic mass is 16.7. The van der Waals surface area contributed by atoms with Crippen molar-refractivity contribution in [2.24, 2.45) is 5.41 Å². The van der Waals surface area contributed by atoms with Gasteiger partial charge in [-0.1, -0.05) is 26.5 Å². The van der Waals surface area contributed by atoms with Crippen molar-refractivity contribution in [3.05, 3.63) is 41.1 Å². The summed E-state index contributed by atoms with van der Waals surface area (Å²) in [6.07, 6.45) is 0. The molecule has 1 fully saturated rings. The van der Waals surface area contributed by atoms with E-state index < -0.39 is 0 Å². The van der Waals surface area contributed by atoms with Crippen molar-refractivity contribution in [2.75, 3.05) is 6.61 Å². The summed E-state index contributed by atoms with van der Waals surface area (Å²) in [4.78, 5) is 5.66. The van der Waals surface area contributed by atoms with Crippen LogP contribution in [0.15, 0.2) is 24.4 Å². The van der Waals surface area contributed by atoms with Crippen molar-refractivity contribution in [3.63, 3.8) is 0 Å². The molecule has 1 aromatic rings. The smallest absolute Gasteiger partial charge is 0.118 e. The lowest BCUT2D eigenvalue weighted by atomic mass is 9.92. The van der Waals surface area contributed by atoms with Gasteiger partial charge < -0.3 is 5.11 Å². The normalized spacial score (nSPS) is 18.4. The molecule has 1 aliphatic rings. The quantitative estimate of drug-likeness (QED) is 0.870. The molecule has 0 amide bonds. The summed E-state index contributed by atoms with van der Waals surface area (Å²) in [5, 5.41) is 11.6. The van der Waals surface area contributed by atoms with Crippen molar-refractivity contribution in [1.29, 1.82) is 0 Å². The van der Waals surface area contributed by atoms with E-state index in [-0.39, 0.29) is 5.41 Å². The van der Waals surface area contributed by atoms with Gasteiger partial charge in [-0.2, -0.15) is 0 Å². The molecule has 0 radical (unpaired) electrons. The summed E-state index contributed by atoms with van der Waals surface area (Å²) in [7, 11) is 0. The second-order valence-electron chi connectivity index (χ2n) is 5.71. The number of hydroxylamine groups is 2. The highest BCUT2D eigenvalue weighted by molar-refractivity contribution is 5.40. The second kappa shape index (κ2) is 4.32. The fourth-order valence-electron chi connectivity index (χ4n) is 2.09. The molecule has 0 saturated carbocycles. The molecule has 1 heterocycles. The molecule has 3 nitrogen and oxygen atoms in total. The van der Waals surface area contributed by atoms with Gasteiger partial charge in [0.2, 0.25) is 0 Å². The summed E-state index contributed by atoms with van der Waals surface area (Å²) >= 11 is 0. The van der Waals surface area contributed by atoms with Gasteiger partial charge in [0.15, 0.2) is 0 Å². The first-order valence-corrected chi connectivity index (χ1v) is 6.20. The Bertz CT molecular complexity index is 492. The van der Waals surface area contributed by atoms with Crippen molar-refractivity contribution in [1.82, 2.24) is 5.06 Å². The molecule has 0 atom stereocenters. The van der Waals surface area contributed by atoms with Gasteiger partial charge in [0.05, 0.1) is 13.2 Å². The molecule has 1 saturated heterocycles. The number of nitrogens with zero attached hydrogens (tertiary/aromatic N) is 1. The summed E-state index contributed by atoms with van der Waals surface area (Å²) in [5.41, 5.74) is 4.10. The minimum absolute atomic E-state index is 0.0132. The Balaban J connectivity index is 2.21. The van der Waals surface area contributed by atoms with Gasteiger partial charge in [-0.15, -0.1) is 0 Å². The lowest BCUT2D eigenvalue weighted by Gasteiger charge is -2.22. The monoisotopic (exact) mass is 247 g/mol. The van der Waals surface area contributed by atoms with Crippen LogP contribution in [0.1, 0.15) is 30.5 Å². The number of aromatic hydroxyl groups is 1. The van der Waals surface area contributed by atoms with E-state index in [2.05, 4.69) is 20.4 Å². The fraction of sp³-hybridized carbons (Fsp3) is 0.467. The van der Waals surface area contributed by atoms with E-state index in [1.54, 1.807) is 0 Å². The number of hydrogen-bond acceptors (Lipinski definition) is 3. The molecule has 0 unspecified atom stereocenters. The van der Waals surface area contributed by atoms with Crippen LogP contribution in [0.2, 0.25) is 0 Å². The Kier molecular flexibility index (Phi) is 3.11. The number of phenolic OH excluding ortho intramolecular Hbond substituents is 1. The Hall–Kier alpha value is -1.48. The molecular weight excluding hydrogens is 226 g/mol. The van der Waals surface area contributed by atoms with Gasteiger partial charge >= 0.3 is 0 Å². The van der Waals surface area contributed by atoms with Gasteiger partial charge in [-0.25, -0.2) is 0 Å². The van der Waals surface area contributed by atoms with Crippen LogP contribution in [-0.4, -0.2) is 16.8 Å². The highest BCUT2D eigenvalue weighted by Crippen LogP contribution is 2.36. The summed E-state index contributed by atoms with van der Waals surface area (Å²) in [6.45, 7) is 13.6. The van der Waals surface area contributed by atoms with Crippen molar-refractivity contribution in [3.8, 4) is 5.75 Å². The average Bonchev–Trinajstić information content (AvgIpc) is 2.53. The Morgan fingerprint density at radius 2 is 2.00 bits per heavy atom. The van der Waals surface area contributed by atoms with Crippen LogP contribution >= 0.6 is 0 Å². The SMILES string of the molecule is C=C1N(Cc2cc(O)c(C)cc2C)OCC1(C)C. The van der Waals surface area contributed by atoms with E-state index in [9.17, 15) is 5.11 Å². The zero-order chi connectivity index (χ0) is 13.5. The molecule has 3 heteroatoms. The van der Waals surface area contributed by atoms with Crippen LogP contribution < -0.4 is 0 Å². The van der Waals surface area contributed by atoms with E-state index in [4.69, 9.17) is 4.84 Å². The molecule has 0 bridgehead atoms. The molecule has 1 aliphatic heterocycles. The molecule has 0 aliphatic carbocycles. The van der Waals surface area contributed by atoms with Gasteiger partial charge in [0.25, 0.3) is 0 Å². The number of phenols is 1. The lowest BCUT2D eigenvalue weighted by molar-refractivity contribution is -0.101. The Morgan fingerprint density at radius 1 is 1.33 bits per heavy atom. The number of rotatable bonds is 2. The number of hydrogen-bond donors (Lipinski definition) is 1. The topological polar surface area (TPSA) is 32.7 Å². The maximum absolute atomic E-state index is 9.79. The van der Waals surface area contributed by atoms with Crippen molar-refractivity contribution >= 4 is 0 Å². The molecule has 98 valence electrons. The maximum Gasteiger partial charge on any atom is 0.118 e.